The molecule has 0 spiro atoms. The summed E-state index contributed by atoms with van der Waals surface area (Å²) >= 11 is 12.5. The molecule has 2 aromatic heterocycles. The van der Waals surface area contributed by atoms with E-state index in [2.05, 4.69) is 27.9 Å². The molecule has 1 aliphatic heterocycles. The molecule has 6 rings (SSSR count). The van der Waals surface area contributed by atoms with Crippen molar-refractivity contribution in [2.45, 2.75) is 70.6 Å². The number of benzene rings is 2. The minimum Gasteiger partial charge on any atom is -0.393 e. The molecule has 1 saturated heterocycles. The number of halogens is 2. The van der Waals surface area contributed by atoms with E-state index < -0.39 is 0 Å². The van der Waals surface area contributed by atoms with Crippen molar-refractivity contribution in [1.29, 1.82) is 0 Å². The number of hydrogen-bond donors (Lipinski definition) is 1. The highest BCUT2D eigenvalue weighted by molar-refractivity contribution is 6.42. The molecular formula is C28H28Cl2N4O3. The lowest BCUT2D eigenvalue weighted by Gasteiger charge is -2.31. The fourth-order valence-corrected chi connectivity index (χ4v) is 6.28. The van der Waals surface area contributed by atoms with E-state index in [4.69, 9.17) is 32.7 Å². The molecule has 37 heavy (non-hydrogen) atoms. The van der Waals surface area contributed by atoms with Gasteiger partial charge in [0.25, 0.3) is 0 Å². The van der Waals surface area contributed by atoms with Gasteiger partial charge in [-0.1, -0.05) is 34.4 Å². The predicted molar refractivity (Wildman–Crippen MR) is 144 cm³/mol. The summed E-state index contributed by atoms with van der Waals surface area (Å²) in [4.78, 5) is 20.1. The third-order valence-corrected chi connectivity index (χ3v) is 8.50. The van der Waals surface area contributed by atoms with Crippen LogP contribution in [0.4, 0.5) is 5.69 Å². The van der Waals surface area contributed by atoms with Gasteiger partial charge in [-0.3, -0.25) is 4.79 Å². The number of aliphatic hydroxyl groups is 1. The summed E-state index contributed by atoms with van der Waals surface area (Å²) in [6, 6.07) is 11.6. The zero-order valence-electron chi connectivity index (χ0n) is 20.7. The molecule has 7 nitrogen and oxygen atoms in total. The number of carbonyl (C=O) groups excluding carboxylic acids is 1. The Morgan fingerprint density at radius 1 is 1.00 bits per heavy atom. The fraction of sp³-hybridized carbons (Fsp3) is 0.393. The summed E-state index contributed by atoms with van der Waals surface area (Å²) in [6.07, 6.45) is 4.05. The van der Waals surface area contributed by atoms with Crippen molar-refractivity contribution in [3.63, 3.8) is 0 Å². The van der Waals surface area contributed by atoms with Crippen LogP contribution in [0.3, 0.4) is 0 Å². The van der Waals surface area contributed by atoms with E-state index in [1.807, 2.05) is 24.8 Å². The van der Waals surface area contributed by atoms with E-state index in [-0.39, 0.29) is 24.1 Å². The van der Waals surface area contributed by atoms with Gasteiger partial charge >= 0.3 is 0 Å². The standard InChI is InChI=1S/C28H28Cl2N4O3/c1-15-27(16(2)37-32-15)17-3-10-24-23(13-17)31-28(34(24)18-4-7-20(35)8-5-18)25-11-12-26(36)33(25)19-6-9-21(29)22(30)14-19/h3,6,9-10,13-14,18,20,25,35H,4-5,7-8,11-12H2,1-2H3/t18?,20?,25-/m0/s1. The second-order valence-corrected chi connectivity index (χ2v) is 10.9. The third-order valence-electron chi connectivity index (χ3n) is 7.76. The lowest BCUT2D eigenvalue weighted by atomic mass is 9.92. The van der Waals surface area contributed by atoms with E-state index in [1.165, 1.54) is 0 Å². The molecule has 2 fully saturated rings. The quantitative estimate of drug-likeness (QED) is 0.303. The van der Waals surface area contributed by atoms with E-state index in [0.717, 1.165) is 70.8 Å². The Hall–Kier alpha value is -2.87. The molecule has 1 amide bonds. The van der Waals surface area contributed by atoms with Crippen molar-refractivity contribution in [2.75, 3.05) is 4.90 Å². The van der Waals surface area contributed by atoms with Crippen LogP contribution in [-0.4, -0.2) is 31.8 Å². The highest BCUT2D eigenvalue weighted by atomic mass is 35.5. The Morgan fingerprint density at radius 2 is 1.78 bits per heavy atom. The van der Waals surface area contributed by atoms with Crippen molar-refractivity contribution in [3.05, 3.63) is 63.7 Å². The number of anilines is 1. The Kier molecular flexibility index (Phi) is 6.25. The van der Waals surface area contributed by atoms with Crippen LogP contribution in [0.25, 0.3) is 22.2 Å². The Bertz CT molecular complexity index is 1480. The van der Waals surface area contributed by atoms with Gasteiger partial charge in [0.1, 0.15) is 11.6 Å². The number of carbonyl (C=O) groups is 1. The second kappa shape index (κ2) is 9.46. The van der Waals surface area contributed by atoms with Crippen LogP contribution < -0.4 is 4.90 Å². The number of amides is 1. The molecular weight excluding hydrogens is 511 g/mol. The molecule has 1 N–H and O–H groups in total. The minimum atomic E-state index is -0.263. The van der Waals surface area contributed by atoms with E-state index in [9.17, 15) is 9.90 Å². The zero-order valence-corrected chi connectivity index (χ0v) is 22.3. The monoisotopic (exact) mass is 538 g/mol. The normalized spacial score (nSPS) is 22.4. The molecule has 0 bridgehead atoms. The number of aliphatic hydroxyl groups excluding tert-OH is 1. The van der Waals surface area contributed by atoms with Gasteiger partial charge in [-0.2, -0.15) is 0 Å². The number of aryl methyl sites for hydroxylation is 2. The lowest BCUT2D eigenvalue weighted by Crippen LogP contribution is -2.30. The first-order valence-electron chi connectivity index (χ1n) is 12.7. The summed E-state index contributed by atoms with van der Waals surface area (Å²) in [6.45, 7) is 3.85. The van der Waals surface area contributed by atoms with Crippen LogP contribution in [0, 0.1) is 13.8 Å². The lowest BCUT2D eigenvalue weighted by molar-refractivity contribution is -0.117. The van der Waals surface area contributed by atoms with Crippen molar-refractivity contribution in [2.24, 2.45) is 0 Å². The van der Waals surface area contributed by atoms with Gasteiger partial charge in [-0.05, 0) is 81.8 Å². The van der Waals surface area contributed by atoms with Gasteiger partial charge in [-0.15, -0.1) is 0 Å². The van der Waals surface area contributed by atoms with Gasteiger partial charge in [0, 0.05) is 23.7 Å². The Morgan fingerprint density at radius 3 is 2.49 bits per heavy atom. The maximum absolute atomic E-state index is 13.1. The number of nitrogens with zero attached hydrogens (tertiary/aromatic N) is 4. The number of hydrogen-bond acceptors (Lipinski definition) is 5. The van der Waals surface area contributed by atoms with Crippen LogP contribution in [0.1, 0.15) is 67.9 Å². The fourth-order valence-electron chi connectivity index (χ4n) is 5.99. The summed E-state index contributed by atoms with van der Waals surface area (Å²) in [5, 5.41) is 15.2. The summed E-state index contributed by atoms with van der Waals surface area (Å²) in [5.74, 6) is 1.67. The number of imidazole rings is 1. The summed E-state index contributed by atoms with van der Waals surface area (Å²) < 4.78 is 7.72. The van der Waals surface area contributed by atoms with Gasteiger partial charge < -0.3 is 19.1 Å². The summed E-state index contributed by atoms with van der Waals surface area (Å²) in [5.41, 5.74) is 5.43. The summed E-state index contributed by atoms with van der Waals surface area (Å²) in [7, 11) is 0. The molecule has 192 valence electrons. The van der Waals surface area contributed by atoms with Crippen LogP contribution in [0.5, 0.6) is 0 Å². The molecule has 4 aromatic rings. The molecule has 1 atom stereocenters. The van der Waals surface area contributed by atoms with E-state index in [1.54, 1.807) is 12.1 Å². The van der Waals surface area contributed by atoms with Gasteiger partial charge in [-0.25, -0.2) is 4.98 Å². The molecule has 1 saturated carbocycles. The third kappa shape index (κ3) is 4.23. The molecule has 9 heteroatoms. The van der Waals surface area contributed by atoms with Crippen molar-refractivity contribution in [1.82, 2.24) is 14.7 Å². The van der Waals surface area contributed by atoms with Gasteiger partial charge in [0.15, 0.2) is 0 Å². The van der Waals surface area contributed by atoms with Crippen molar-refractivity contribution >= 4 is 45.8 Å². The maximum Gasteiger partial charge on any atom is 0.227 e. The minimum absolute atomic E-state index is 0.0393. The zero-order chi connectivity index (χ0) is 25.8. The molecule has 1 aliphatic carbocycles. The largest absolute Gasteiger partial charge is 0.393 e. The van der Waals surface area contributed by atoms with E-state index >= 15 is 0 Å². The molecule has 2 aromatic carbocycles. The molecule has 3 heterocycles. The van der Waals surface area contributed by atoms with Crippen LogP contribution in [0.2, 0.25) is 10.0 Å². The Labute approximate surface area is 225 Å². The number of aromatic nitrogens is 3. The van der Waals surface area contributed by atoms with E-state index in [0.29, 0.717) is 22.9 Å². The van der Waals surface area contributed by atoms with Gasteiger partial charge in [0.05, 0.1) is 38.9 Å². The van der Waals surface area contributed by atoms with Crippen molar-refractivity contribution in [3.8, 4) is 11.1 Å². The average Bonchev–Trinajstić information content (AvgIpc) is 3.55. The van der Waals surface area contributed by atoms with Crippen molar-refractivity contribution < 1.29 is 14.4 Å². The van der Waals surface area contributed by atoms with Crippen LogP contribution >= 0.6 is 23.2 Å². The Balaban J connectivity index is 1.50. The number of rotatable bonds is 4. The highest BCUT2D eigenvalue weighted by Crippen LogP contribution is 2.43. The smallest absolute Gasteiger partial charge is 0.227 e. The van der Waals surface area contributed by atoms with Gasteiger partial charge in [0.2, 0.25) is 5.91 Å². The first-order valence-corrected chi connectivity index (χ1v) is 13.5. The first-order chi connectivity index (χ1) is 17.8. The first kappa shape index (κ1) is 24.5. The molecule has 2 aliphatic rings. The molecule has 0 unspecified atom stereocenters. The van der Waals surface area contributed by atoms with Crippen LogP contribution in [-0.2, 0) is 4.79 Å². The second-order valence-electron chi connectivity index (χ2n) is 10.1. The maximum atomic E-state index is 13.1. The topological polar surface area (TPSA) is 84.4 Å². The molecule has 0 radical (unpaired) electrons. The predicted octanol–water partition coefficient (Wildman–Crippen LogP) is 6.96. The number of fused-ring (bicyclic) bond motifs is 1. The van der Waals surface area contributed by atoms with Crippen LogP contribution in [0.15, 0.2) is 40.9 Å². The highest BCUT2D eigenvalue weighted by Gasteiger charge is 2.38. The average molecular weight is 539 g/mol. The SMILES string of the molecule is Cc1noc(C)c1-c1ccc2c(c1)nc([C@@H]1CCC(=O)N1c1ccc(Cl)c(Cl)c1)n2C1CCC(O)CC1.